The zero-order valence-corrected chi connectivity index (χ0v) is 34.4. The molecule has 3 heteroatoms. The van der Waals surface area contributed by atoms with Gasteiger partial charge in [0.25, 0.3) is 0 Å². The molecule has 0 amide bonds. The fraction of sp³-hybridized carbons (Fsp3) is 0.458. The van der Waals surface area contributed by atoms with Gasteiger partial charge in [-0.1, -0.05) is 131 Å². The second-order valence-electron chi connectivity index (χ2n) is 18.9. The molecule has 4 aromatic carbocycles. The number of fused-ring (bicyclic) bond motifs is 4. The predicted molar refractivity (Wildman–Crippen MR) is 228 cm³/mol. The lowest BCUT2D eigenvalue weighted by Gasteiger charge is -2.45. The third kappa shape index (κ3) is 6.20. The molecule has 0 fully saturated rings. The summed E-state index contributed by atoms with van der Waals surface area (Å²) in [6.07, 6.45) is 7.21. The monoisotopic (exact) mass is 693 g/mol. The van der Waals surface area contributed by atoms with E-state index < -0.39 is 0 Å². The van der Waals surface area contributed by atoms with Crippen molar-refractivity contribution < 1.29 is 0 Å². The van der Waals surface area contributed by atoms with Crippen LogP contribution >= 0.6 is 11.3 Å². The lowest BCUT2D eigenvalue weighted by molar-refractivity contribution is 0.332. The molecule has 1 aromatic heterocycles. The van der Waals surface area contributed by atoms with Crippen molar-refractivity contribution in [3.8, 4) is 0 Å². The Morgan fingerprint density at radius 2 is 1.39 bits per heavy atom. The fourth-order valence-electron chi connectivity index (χ4n) is 9.19. The summed E-state index contributed by atoms with van der Waals surface area (Å²) in [6.45, 7) is 28.8. The van der Waals surface area contributed by atoms with Crippen LogP contribution in [0.2, 0.25) is 0 Å². The molecule has 0 spiro atoms. The second-order valence-corrected chi connectivity index (χ2v) is 19.8. The van der Waals surface area contributed by atoms with Crippen molar-refractivity contribution >= 4 is 61.6 Å². The first-order chi connectivity index (χ1) is 24.0. The zero-order chi connectivity index (χ0) is 36.7. The number of benzene rings is 4. The maximum absolute atomic E-state index is 2.65. The molecule has 1 aliphatic carbocycles. The largest absolute Gasteiger partial charge is 0.312 e. The molecule has 0 unspecified atom stereocenters. The number of aryl methyl sites for hydroxylation is 2. The molecule has 5 aromatic rings. The molecule has 0 bridgehead atoms. The van der Waals surface area contributed by atoms with E-state index in [1.54, 1.807) is 5.56 Å². The van der Waals surface area contributed by atoms with Crippen molar-refractivity contribution in [1.29, 1.82) is 0 Å². The van der Waals surface area contributed by atoms with Gasteiger partial charge in [-0.15, -0.1) is 11.3 Å². The smallest absolute Gasteiger partial charge is 0.248 e. The van der Waals surface area contributed by atoms with E-state index in [1.807, 2.05) is 11.3 Å². The van der Waals surface area contributed by atoms with Crippen LogP contribution in [0.5, 0.6) is 0 Å². The van der Waals surface area contributed by atoms with Crippen molar-refractivity contribution in [3.05, 3.63) is 105 Å². The van der Waals surface area contributed by atoms with Gasteiger partial charge in [0.1, 0.15) is 0 Å². The Bertz CT molecular complexity index is 2100. The van der Waals surface area contributed by atoms with Crippen LogP contribution in [-0.4, -0.2) is 6.71 Å². The highest BCUT2D eigenvalue weighted by Gasteiger charge is 2.43. The Morgan fingerprint density at radius 1 is 0.745 bits per heavy atom. The minimum Gasteiger partial charge on any atom is -0.312 e. The quantitative estimate of drug-likeness (QED) is 0.150. The van der Waals surface area contributed by atoms with Crippen LogP contribution in [0, 0.1) is 6.92 Å². The molecule has 0 radical (unpaired) electrons. The lowest BCUT2D eigenvalue weighted by Crippen LogP contribution is -2.57. The SMILES string of the molecule is CCCCC(C)(C)c1cc2scc(B3c4ccc(C)cc4N(c4ccc(C(C)(C)C)cc4)c4cc5c(cc43)C(C)(C)CCC5(C)C)c2cc1CC. The molecule has 1 nitrogen and oxygen atoms in total. The van der Waals surface area contributed by atoms with Gasteiger partial charge in [-0.2, -0.15) is 0 Å². The van der Waals surface area contributed by atoms with Crippen LogP contribution in [0.15, 0.2) is 72.1 Å². The summed E-state index contributed by atoms with van der Waals surface area (Å²) in [5.41, 5.74) is 17.5. The molecular formula is C48H60BNS. The van der Waals surface area contributed by atoms with E-state index in [-0.39, 0.29) is 28.4 Å². The summed E-state index contributed by atoms with van der Waals surface area (Å²) in [7, 11) is 0. The summed E-state index contributed by atoms with van der Waals surface area (Å²) >= 11 is 1.95. The molecule has 2 aliphatic rings. The third-order valence-electron chi connectivity index (χ3n) is 12.7. The van der Waals surface area contributed by atoms with Crippen molar-refractivity contribution in [2.24, 2.45) is 0 Å². The van der Waals surface area contributed by atoms with Crippen LogP contribution in [0.4, 0.5) is 17.1 Å². The minimum absolute atomic E-state index is 0.106. The highest BCUT2D eigenvalue weighted by Crippen LogP contribution is 2.49. The van der Waals surface area contributed by atoms with Crippen molar-refractivity contribution in [2.75, 3.05) is 4.90 Å². The molecule has 0 N–H and O–H groups in total. The number of hydrogen-bond donors (Lipinski definition) is 0. The molecule has 0 atom stereocenters. The van der Waals surface area contributed by atoms with E-state index in [0.29, 0.717) is 0 Å². The molecular weight excluding hydrogens is 633 g/mol. The highest BCUT2D eigenvalue weighted by atomic mass is 32.1. The van der Waals surface area contributed by atoms with Gasteiger partial charge in [-0.05, 0) is 140 Å². The fourth-order valence-corrected chi connectivity index (χ4v) is 10.2. The Morgan fingerprint density at radius 3 is 2.02 bits per heavy atom. The summed E-state index contributed by atoms with van der Waals surface area (Å²) in [5, 5.41) is 3.95. The molecule has 266 valence electrons. The summed E-state index contributed by atoms with van der Waals surface area (Å²) in [6, 6.07) is 27.1. The van der Waals surface area contributed by atoms with Crippen molar-refractivity contribution in [3.63, 3.8) is 0 Å². The van der Waals surface area contributed by atoms with E-state index >= 15 is 0 Å². The van der Waals surface area contributed by atoms with Gasteiger partial charge < -0.3 is 4.90 Å². The molecule has 0 saturated heterocycles. The normalized spacial score (nSPS) is 16.6. The number of anilines is 3. The standard InChI is InChI=1S/C48H60BNS/c1-13-15-22-46(7,8)36-29-44-35(26-32(36)14-2)41(30-51-44)49-39-21-16-31(3)25-42(39)50(34-19-17-33(18-20-34)45(4,5)6)43-28-38-37(27-40(43)49)47(9,10)23-24-48(38,11)12/h16-21,25-30H,13-15,22-24H2,1-12H3. The third-order valence-corrected chi connectivity index (χ3v) is 13.7. The maximum Gasteiger partial charge on any atom is 0.248 e. The molecule has 7 rings (SSSR count). The van der Waals surface area contributed by atoms with E-state index in [0.717, 1.165) is 6.42 Å². The summed E-state index contributed by atoms with van der Waals surface area (Å²) in [4.78, 5) is 2.60. The van der Waals surface area contributed by atoms with Gasteiger partial charge in [0.2, 0.25) is 6.71 Å². The molecule has 1 aliphatic heterocycles. The Balaban J connectivity index is 1.51. The summed E-state index contributed by atoms with van der Waals surface area (Å²) in [5.74, 6) is 0. The van der Waals surface area contributed by atoms with Crippen LogP contribution in [0.3, 0.4) is 0 Å². The van der Waals surface area contributed by atoms with Gasteiger partial charge in [-0.25, -0.2) is 0 Å². The van der Waals surface area contributed by atoms with E-state index in [9.17, 15) is 0 Å². The second kappa shape index (κ2) is 12.7. The van der Waals surface area contributed by atoms with Gasteiger partial charge in [0, 0.05) is 21.8 Å². The number of hydrogen-bond acceptors (Lipinski definition) is 2. The molecule has 2 heterocycles. The van der Waals surface area contributed by atoms with Crippen LogP contribution < -0.4 is 21.3 Å². The summed E-state index contributed by atoms with van der Waals surface area (Å²) < 4.78 is 1.43. The van der Waals surface area contributed by atoms with Crippen molar-refractivity contribution in [2.45, 2.75) is 143 Å². The lowest BCUT2D eigenvalue weighted by atomic mass is 9.34. The topological polar surface area (TPSA) is 3.24 Å². The Labute approximate surface area is 314 Å². The molecule has 51 heavy (non-hydrogen) atoms. The predicted octanol–water partition coefficient (Wildman–Crippen LogP) is 12.2. The number of thiophene rings is 1. The van der Waals surface area contributed by atoms with Crippen LogP contribution in [-0.2, 0) is 28.1 Å². The number of nitrogens with zero attached hydrogens (tertiary/aromatic N) is 1. The minimum atomic E-state index is 0.106. The van der Waals surface area contributed by atoms with Gasteiger partial charge >= 0.3 is 0 Å². The molecule has 0 saturated carbocycles. The first-order valence-corrected chi connectivity index (χ1v) is 20.6. The highest BCUT2D eigenvalue weighted by molar-refractivity contribution is 7.20. The first kappa shape index (κ1) is 36.1. The average Bonchev–Trinajstić information content (AvgIpc) is 3.49. The first-order valence-electron chi connectivity index (χ1n) is 19.7. The zero-order valence-electron chi connectivity index (χ0n) is 33.6. The van der Waals surface area contributed by atoms with E-state index in [1.165, 1.54) is 103 Å². The Hall–Kier alpha value is -3.30. The van der Waals surface area contributed by atoms with Gasteiger partial charge in [0.05, 0.1) is 0 Å². The number of unbranched alkanes of at least 4 members (excludes halogenated alkanes) is 1. The Kier molecular flexibility index (Phi) is 8.97. The van der Waals surface area contributed by atoms with Gasteiger partial charge in [0.15, 0.2) is 0 Å². The van der Waals surface area contributed by atoms with Crippen molar-refractivity contribution in [1.82, 2.24) is 0 Å². The van der Waals surface area contributed by atoms with Gasteiger partial charge in [-0.3, -0.25) is 0 Å². The average molecular weight is 694 g/mol. The van der Waals surface area contributed by atoms with Crippen LogP contribution in [0.25, 0.3) is 10.1 Å². The maximum atomic E-state index is 2.65. The van der Waals surface area contributed by atoms with Crippen LogP contribution in [0.1, 0.15) is 142 Å². The van der Waals surface area contributed by atoms with E-state index in [2.05, 4.69) is 160 Å². The number of rotatable bonds is 7. The van der Waals surface area contributed by atoms with E-state index in [4.69, 9.17) is 0 Å².